The summed E-state index contributed by atoms with van der Waals surface area (Å²) in [6, 6.07) is 5.31. The van der Waals surface area contributed by atoms with Crippen molar-refractivity contribution in [3.63, 3.8) is 0 Å². The second kappa shape index (κ2) is 5.61. The van der Waals surface area contributed by atoms with E-state index in [1.165, 1.54) is 0 Å². The third-order valence-corrected chi connectivity index (χ3v) is 6.72. The van der Waals surface area contributed by atoms with Gasteiger partial charge >= 0.3 is 0 Å². The van der Waals surface area contributed by atoms with Gasteiger partial charge in [-0.15, -0.1) is 0 Å². The first-order chi connectivity index (χ1) is 8.43. The maximum Gasteiger partial charge on any atom is 0.244 e. The van der Waals surface area contributed by atoms with Crippen LogP contribution in [0.15, 0.2) is 32.0 Å². The maximum absolute atomic E-state index is 12.6. The normalized spacial score (nSPS) is 22.1. The Bertz CT molecular complexity index is 545. The van der Waals surface area contributed by atoms with Gasteiger partial charge in [-0.25, -0.2) is 8.42 Å². The predicted octanol–water partition coefficient (Wildman–Crippen LogP) is 3.77. The quantitative estimate of drug-likeness (QED) is 0.762. The van der Waals surface area contributed by atoms with Gasteiger partial charge < -0.3 is 0 Å². The lowest BCUT2D eigenvalue weighted by Gasteiger charge is -2.32. The van der Waals surface area contributed by atoms with E-state index in [9.17, 15) is 8.42 Å². The summed E-state index contributed by atoms with van der Waals surface area (Å²) in [5, 5.41) is 0. The van der Waals surface area contributed by atoms with Crippen molar-refractivity contribution in [1.29, 1.82) is 0 Å². The van der Waals surface area contributed by atoms with Crippen LogP contribution >= 0.6 is 31.9 Å². The minimum absolute atomic E-state index is 0.0784. The van der Waals surface area contributed by atoms with Crippen molar-refractivity contribution in [2.24, 2.45) is 0 Å². The van der Waals surface area contributed by atoms with Crippen LogP contribution in [0.2, 0.25) is 0 Å². The van der Waals surface area contributed by atoms with Crippen molar-refractivity contribution in [3.8, 4) is 0 Å². The Morgan fingerprint density at radius 2 is 2.00 bits per heavy atom. The second-order valence-electron chi connectivity index (χ2n) is 4.54. The van der Waals surface area contributed by atoms with Crippen LogP contribution in [0.3, 0.4) is 0 Å². The van der Waals surface area contributed by atoms with Crippen LogP contribution in [0.4, 0.5) is 0 Å². The molecule has 0 saturated carbocycles. The van der Waals surface area contributed by atoms with Crippen LogP contribution < -0.4 is 0 Å². The van der Waals surface area contributed by atoms with Gasteiger partial charge in [-0.05, 0) is 53.9 Å². The molecule has 1 atom stereocenters. The van der Waals surface area contributed by atoms with Crippen LogP contribution in [0.5, 0.6) is 0 Å². The summed E-state index contributed by atoms with van der Waals surface area (Å²) < 4.78 is 28.3. The van der Waals surface area contributed by atoms with Gasteiger partial charge in [0.2, 0.25) is 10.0 Å². The van der Waals surface area contributed by atoms with Crippen LogP contribution in [0.1, 0.15) is 26.2 Å². The highest BCUT2D eigenvalue weighted by Crippen LogP contribution is 2.31. The smallest absolute Gasteiger partial charge is 0.207 e. The number of benzene rings is 1. The highest BCUT2D eigenvalue weighted by atomic mass is 79.9. The third-order valence-electron chi connectivity index (χ3n) is 3.22. The van der Waals surface area contributed by atoms with Gasteiger partial charge in [-0.1, -0.05) is 22.4 Å². The first-order valence-electron chi connectivity index (χ1n) is 5.90. The molecule has 1 aliphatic rings. The molecule has 1 saturated heterocycles. The molecule has 0 spiro atoms. The van der Waals surface area contributed by atoms with Crippen molar-refractivity contribution >= 4 is 41.9 Å². The molecule has 6 heteroatoms. The Morgan fingerprint density at radius 1 is 1.28 bits per heavy atom. The highest BCUT2D eigenvalue weighted by Gasteiger charge is 2.32. The van der Waals surface area contributed by atoms with Gasteiger partial charge in [0, 0.05) is 21.5 Å². The monoisotopic (exact) mass is 395 g/mol. The van der Waals surface area contributed by atoms with Gasteiger partial charge in [0.25, 0.3) is 0 Å². The van der Waals surface area contributed by atoms with Crippen LogP contribution in [0.25, 0.3) is 0 Å². The number of halogens is 2. The van der Waals surface area contributed by atoms with E-state index in [1.807, 2.05) is 13.0 Å². The Hall–Kier alpha value is 0.0900. The fourth-order valence-corrected chi connectivity index (χ4v) is 5.39. The Kier molecular flexibility index (Phi) is 4.52. The van der Waals surface area contributed by atoms with Gasteiger partial charge in [0.05, 0.1) is 4.90 Å². The lowest BCUT2D eigenvalue weighted by molar-refractivity contribution is 0.268. The molecule has 0 bridgehead atoms. The first-order valence-corrected chi connectivity index (χ1v) is 8.92. The standard InChI is InChI=1S/C12H15Br2NO2S/c1-9-4-2-3-7-15(9)18(16,17)12-8-10(13)5-6-11(12)14/h5-6,8-9H,2-4,7H2,1H3/t9-/m0/s1. The molecule has 1 aromatic rings. The molecular weight excluding hydrogens is 382 g/mol. The van der Waals surface area contributed by atoms with Crippen LogP contribution in [-0.4, -0.2) is 25.3 Å². The zero-order valence-corrected chi connectivity index (χ0v) is 14.1. The number of sulfonamides is 1. The zero-order valence-electron chi connectivity index (χ0n) is 10.1. The third kappa shape index (κ3) is 2.81. The summed E-state index contributed by atoms with van der Waals surface area (Å²) >= 11 is 6.65. The topological polar surface area (TPSA) is 37.4 Å². The molecule has 0 unspecified atom stereocenters. The summed E-state index contributed by atoms with van der Waals surface area (Å²) in [6.07, 6.45) is 2.98. The van der Waals surface area contributed by atoms with Gasteiger partial charge in [0.15, 0.2) is 0 Å². The van der Waals surface area contributed by atoms with Crippen LogP contribution in [0, 0.1) is 0 Å². The summed E-state index contributed by atoms with van der Waals surface area (Å²) in [4.78, 5) is 0.339. The minimum atomic E-state index is -3.41. The largest absolute Gasteiger partial charge is 0.244 e. The van der Waals surface area contributed by atoms with Crippen molar-refractivity contribution < 1.29 is 8.42 Å². The maximum atomic E-state index is 12.6. The first kappa shape index (κ1) is 14.5. The summed E-state index contributed by atoms with van der Waals surface area (Å²) in [7, 11) is -3.41. The molecule has 1 aromatic carbocycles. The van der Waals surface area contributed by atoms with Gasteiger partial charge in [-0.2, -0.15) is 4.31 Å². The van der Waals surface area contributed by atoms with Crippen LogP contribution in [-0.2, 0) is 10.0 Å². The van der Waals surface area contributed by atoms with Crippen molar-refractivity contribution in [3.05, 3.63) is 27.1 Å². The molecule has 0 aliphatic carbocycles. The molecule has 0 N–H and O–H groups in total. The summed E-state index contributed by atoms with van der Waals surface area (Å²) in [5.41, 5.74) is 0. The van der Waals surface area contributed by atoms with E-state index in [0.717, 1.165) is 23.7 Å². The van der Waals surface area contributed by atoms with E-state index in [2.05, 4.69) is 31.9 Å². The van der Waals surface area contributed by atoms with Crippen molar-refractivity contribution in [2.45, 2.75) is 37.1 Å². The molecule has 100 valence electrons. The highest BCUT2D eigenvalue weighted by molar-refractivity contribution is 9.11. The fraction of sp³-hybridized carbons (Fsp3) is 0.500. The average Bonchev–Trinajstić information content (AvgIpc) is 2.32. The fourth-order valence-electron chi connectivity index (χ4n) is 2.23. The van der Waals surface area contributed by atoms with Crippen molar-refractivity contribution in [2.75, 3.05) is 6.54 Å². The molecule has 18 heavy (non-hydrogen) atoms. The summed E-state index contributed by atoms with van der Waals surface area (Å²) in [5.74, 6) is 0. The molecule has 2 rings (SSSR count). The van der Waals surface area contributed by atoms with E-state index in [1.54, 1.807) is 16.4 Å². The van der Waals surface area contributed by atoms with E-state index >= 15 is 0 Å². The molecule has 1 aliphatic heterocycles. The average molecular weight is 397 g/mol. The number of hydrogen-bond donors (Lipinski definition) is 0. The lowest BCUT2D eigenvalue weighted by atomic mass is 10.1. The Labute approximate surface area is 125 Å². The molecule has 1 heterocycles. The molecular formula is C12H15Br2NO2S. The SMILES string of the molecule is C[C@H]1CCCCN1S(=O)(=O)c1cc(Br)ccc1Br. The molecule has 0 aromatic heterocycles. The number of nitrogens with zero attached hydrogens (tertiary/aromatic N) is 1. The molecule has 0 amide bonds. The summed E-state index contributed by atoms with van der Waals surface area (Å²) in [6.45, 7) is 2.59. The van der Waals surface area contributed by atoms with E-state index in [-0.39, 0.29) is 6.04 Å². The predicted molar refractivity (Wildman–Crippen MR) is 79.0 cm³/mol. The zero-order chi connectivity index (χ0) is 13.3. The minimum Gasteiger partial charge on any atom is -0.207 e. The Balaban J connectivity index is 2.44. The van der Waals surface area contributed by atoms with E-state index in [0.29, 0.717) is 15.9 Å². The number of hydrogen-bond acceptors (Lipinski definition) is 2. The lowest BCUT2D eigenvalue weighted by Crippen LogP contribution is -2.42. The van der Waals surface area contributed by atoms with E-state index in [4.69, 9.17) is 0 Å². The number of rotatable bonds is 2. The van der Waals surface area contributed by atoms with Gasteiger partial charge in [0.1, 0.15) is 0 Å². The number of piperidine rings is 1. The Morgan fingerprint density at radius 3 is 2.67 bits per heavy atom. The van der Waals surface area contributed by atoms with E-state index < -0.39 is 10.0 Å². The molecule has 3 nitrogen and oxygen atoms in total. The molecule has 0 radical (unpaired) electrons. The van der Waals surface area contributed by atoms with Crippen molar-refractivity contribution in [1.82, 2.24) is 4.31 Å². The van der Waals surface area contributed by atoms with Gasteiger partial charge in [-0.3, -0.25) is 0 Å². The second-order valence-corrected chi connectivity index (χ2v) is 8.16. The molecule has 1 fully saturated rings.